The molecule has 0 spiro atoms. The zero-order chi connectivity index (χ0) is 26.7. The van der Waals surface area contributed by atoms with Crippen molar-refractivity contribution in [2.45, 2.75) is 50.5 Å². The second kappa shape index (κ2) is 12.1. The van der Waals surface area contributed by atoms with Crippen LogP contribution in [0.4, 0.5) is 0 Å². The molecule has 4 rings (SSSR count). The SMILES string of the molecule is CNC(=O)C(C)(c1ccc(Cl)c(Cl)c1)C(Cc1ccc(Cl)c(Cl)c1)CN1CCC(N2CCCC2=O)CC1. The average Bonchev–Trinajstić information content (AvgIpc) is 3.32. The number of likely N-dealkylation sites (tertiary alicyclic amines) is 2. The van der Waals surface area contributed by atoms with E-state index in [9.17, 15) is 9.59 Å². The molecule has 2 aromatic carbocycles. The van der Waals surface area contributed by atoms with Crippen LogP contribution in [0.25, 0.3) is 0 Å². The number of benzene rings is 2. The van der Waals surface area contributed by atoms with E-state index in [2.05, 4.69) is 15.1 Å². The Morgan fingerprint density at radius 2 is 1.65 bits per heavy atom. The minimum absolute atomic E-state index is 0.0894. The number of carbonyl (C=O) groups is 2. The number of nitrogens with zero attached hydrogens (tertiary/aromatic N) is 2. The normalized spacial score (nSPS) is 19.6. The number of likely N-dealkylation sites (N-methyl/N-ethyl adjacent to an activating group) is 1. The number of halogens is 4. The number of carbonyl (C=O) groups excluding carboxylic acids is 2. The molecule has 200 valence electrons. The lowest BCUT2D eigenvalue weighted by Gasteiger charge is -2.42. The summed E-state index contributed by atoms with van der Waals surface area (Å²) in [6.07, 6.45) is 4.12. The second-order valence-corrected chi connectivity index (χ2v) is 11.9. The Bertz CT molecular complexity index is 1150. The van der Waals surface area contributed by atoms with Gasteiger partial charge >= 0.3 is 0 Å². The molecule has 0 aliphatic carbocycles. The first-order valence-electron chi connectivity index (χ1n) is 12.8. The Labute approximate surface area is 239 Å². The fraction of sp³-hybridized carbons (Fsp3) is 0.500. The third kappa shape index (κ3) is 6.23. The molecule has 2 aliphatic heterocycles. The lowest BCUT2D eigenvalue weighted by molar-refractivity contribution is -0.131. The molecule has 2 fully saturated rings. The number of nitrogens with one attached hydrogen (secondary N) is 1. The molecule has 9 heteroatoms. The maximum atomic E-state index is 13.6. The summed E-state index contributed by atoms with van der Waals surface area (Å²) in [5, 5.41) is 4.74. The van der Waals surface area contributed by atoms with Crippen molar-refractivity contribution in [1.29, 1.82) is 0 Å². The van der Waals surface area contributed by atoms with Crippen molar-refractivity contribution in [2.75, 3.05) is 33.2 Å². The summed E-state index contributed by atoms with van der Waals surface area (Å²) in [5.41, 5.74) is 0.924. The first kappa shape index (κ1) is 28.5. The van der Waals surface area contributed by atoms with Crippen LogP contribution in [0.1, 0.15) is 43.7 Å². The predicted octanol–water partition coefficient (Wildman–Crippen LogP) is 6.25. The van der Waals surface area contributed by atoms with Crippen molar-refractivity contribution >= 4 is 58.2 Å². The Morgan fingerprint density at radius 1 is 1.00 bits per heavy atom. The van der Waals surface area contributed by atoms with Crippen molar-refractivity contribution < 1.29 is 9.59 Å². The van der Waals surface area contributed by atoms with Crippen LogP contribution in [0.5, 0.6) is 0 Å². The maximum absolute atomic E-state index is 13.6. The zero-order valence-corrected chi connectivity index (χ0v) is 24.2. The molecule has 2 heterocycles. The fourth-order valence-electron chi connectivity index (χ4n) is 5.81. The lowest BCUT2D eigenvalue weighted by atomic mass is 9.68. The molecular weight excluding hydrogens is 552 g/mol. The average molecular weight is 585 g/mol. The van der Waals surface area contributed by atoms with E-state index in [-0.39, 0.29) is 17.7 Å². The molecule has 2 aliphatic rings. The molecule has 0 bridgehead atoms. The Morgan fingerprint density at radius 3 is 2.22 bits per heavy atom. The van der Waals surface area contributed by atoms with Gasteiger partial charge in [0.2, 0.25) is 11.8 Å². The van der Waals surface area contributed by atoms with Crippen molar-refractivity contribution in [2.24, 2.45) is 5.92 Å². The van der Waals surface area contributed by atoms with Crippen LogP contribution in [0.2, 0.25) is 20.1 Å². The van der Waals surface area contributed by atoms with E-state index in [0.717, 1.165) is 50.0 Å². The van der Waals surface area contributed by atoms with E-state index >= 15 is 0 Å². The van der Waals surface area contributed by atoms with Gasteiger partial charge in [-0.05, 0) is 73.9 Å². The van der Waals surface area contributed by atoms with Crippen molar-refractivity contribution in [1.82, 2.24) is 15.1 Å². The van der Waals surface area contributed by atoms with Gasteiger partial charge in [-0.1, -0.05) is 58.5 Å². The standard InChI is InChI=1S/C28H33Cl4N3O2/c1-28(27(37)33-2,19-6-8-23(30)25(32)16-19)20(14-18-5-7-22(29)24(31)15-18)17-34-12-9-21(10-13-34)35-11-3-4-26(35)36/h5-8,15-16,20-21H,3-4,9-14,17H2,1-2H3,(H,33,37). The van der Waals surface area contributed by atoms with Gasteiger partial charge in [0.15, 0.2) is 0 Å². The van der Waals surface area contributed by atoms with Crippen LogP contribution in [0.15, 0.2) is 36.4 Å². The third-order valence-electron chi connectivity index (χ3n) is 8.09. The predicted molar refractivity (Wildman–Crippen MR) is 152 cm³/mol. The van der Waals surface area contributed by atoms with Gasteiger partial charge in [-0.2, -0.15) is 0 Å². The molecule has 2 atom stereocenters. The minimum atomic E-state index is -0.892. The van der Waals surface area contributed by atoms with Gasteiger partial charge in [0.05, 0.1) is 25.5 Å². The molecule has 2 unspecified atom stereocenters. The molecule has 5 nitrogen and oxygen atoms in total. The Balaban J connectivity index is 1.63. The van der Waals surface area contributed by atoms with Gasteiger partial charge in [-0.15, -0.1) is 0 Å². The number of hydrogen-bond donors (Lipinski definition) is 1. The second-order valence-electron chi connectivity index (χ2n) is 10.3. The summed E-state index contributed by atoms with van der Waals surface area (Å²) in [4.78, 5) is 30.3. The van der Waals surface area contributed by atoms with Crippen LogP contribution < -0.4 is 5.32 Å². The topological polar surface area (TPSA) is 52.7 Å². The van der Waals surface area contributed by atoms with Gasteiger partial charge in [-0.25, -0.2) is 0 Å². The van der Waals surface area contributed by atoms with E-state index in [0.29, 0.717) is 45.5 Å². The molecule has 1 N–H and O–H groups in total. The third-order valence-corrected chi connectivity index (χ3v) is 9.57. The molecule has 2 amide bonds. The van der Waals surface area contributed by atoms with Gasteiger partial charge in [0, 0.05) is 45.7 Å². The van der Waals surface area contributed by atoms with Crippen LogP contribution >= 0.6 is 46.4 Å². The highest BCUT2D eigenvalue weighted by Gasteiger charge is 2.44. The first-order chi connectivity index (χ1) is 17.6. The highest BCUT2D eigenvalue weighted by Crippen LogP contribution is 2.39. The van der Waals surface area contributed by atoms with Crippen molar-refractivity contribution in [3.05, 3.63) is 67.6 Å². The molecule has 37 heavy (non-hydrogen) atoms. The van der Waals surface area contributed by atoms with Gasteiger partial charge in [-0.3, -0.25) is 9.59 Å². The van der Waals surface area contributed by atoms with E-state index in [1.165, 1.54) is 0 Å². The smallest absolute Gasteiger partial charge is 0.230 e. The lowest BCUT2D eigenvalue weighted by Crippen LogP contribution is -2.53. The van der Waals surface area contributed by atoms with Crippen LogP contribution in [0.3, 0.4) is 0 Å². The van der Waals surface area contributed by atoms with Crippen molar-refractivity contribution in [3.8, 4) is 0 Å². The number of hydrogen-bond acceptors (Lipinski definition) is 3. The Hall–Kier alpha value is -1.50. The maximum Gasteiger partial charge on any atom is 0.230 e. The minimum Gasteiger partial charge on any atom is -0.358 e. The molecule has 0 radical (unpaired) electrons. The number of piperidine rings is 1. The summed E-state index contributed by atoms with van der Waals surface area (Å²) in [6.45, 7) is 5.29. The number of rotatable bonds is 8. The van der Waals surface area contributed by atoms with Crippen molar-refractivity contribution in [3.63, 3.8) is 0 Å². The van der Waals surface area contributed by atoms with Crippen LogP contribution in [-0.4, -0.2) is 60.9 Å². The molecular formula is C28H33Cl4N3O2. The summed E-state index contributed by atoms with van der Waals surface area (Å²) in [6, 6.07) is 11.4. The first-order valence-corrected chi connectivity index (χ1v) is 14.3. The highest BCUT2D eigenvalue weighted by molar-refractivity contribution is 6.42. The molecule has 2 saturated heterocycles. The van der Waals surface area contributed by atoms with Crippen LogP contribution in [0, 0.1) is 5.92 Å². The Kier molecular flexibility index (Phi) is 9.34. The zero-order valence-electron chi connectivity index (χ0n) is 21.2. The van der Waals surface area contributed by atoms with E-state index in [1.54, 1.807) is 25.2 Å². The summed E-state index contributed by atoms with van der Waals surface area (Å²) in [7, 11) is 1.66. The summed E-state index contributed by atoms with van der Waals surface area (Å²) < 4.78 is 0. The highest BCUT2D eigenvalue weighted by atomic mass is 35.5. The summed E-state index contributed by atoms with van der Waals surface area (Å²) >= 11 is 25.2. The molecule has 0 saturated carbocycles. The number of amides is 2. The largest absolute Gasteiger partial charge is 0.358 e. The van der Waals surface area contributed by atoms with E-state index < -0.39 is 5.41 Å². The fourth-order valence-corrected chi connectivity index (χ4v) is 6.43. The van der Waals surface area contributed by atoms with E-state index in [1.807, 2.05) is 25.1 Å². The van der Waals surface area contributed by atoms with Gasteiger partial charge in [0.1, 0.15) is 0 Å². The quantitative estimate of drug-likeness (QED) is 0.399. The molecule has 0 aromatic heterocycles. The van der Waals surface area contributed by atoms with Crippen LogP contribution in [-0.2, 0) is 21.4 Å². The van der Waals surface area contributed by atoms with E-state index in [4.69, 9.17) is 46.4 Å². The van der Waals surface area contributed by atoms with Gasteiger partial charge < -0.3 is 15.1 Å². The monoisotopic (exact) mass is 583 g/mol. The van der Waals surface area contributed by atoms with Gasteiger partial charge in [0.25, 0.3) is 0 Å². The molecule has 2 aromatic rings. The summed E-state index contributed by atoms with van der Waals surface area (Å²) in [5.74, 6) is 0.0863.